The van der Waals surface area contributed by atoms with Crippen LogP contribution in [0.1, 0.15) is 22.9 Å². The summed E-state index contributed by atoms with van der Waals surface area (Å²) in [5.41, 5.74) is 7.69. The molecule has 0 aliphatic carbocycles. The van der Waals surface area contributed by atoms with Crippen molar-refractivity contribution >= 4 is 11.6 Å². The number of hydrogen-bond acceptors (Lipinski definition) is 4. The molecule has 5 nitrogen and oxygen atoms in total. The van der Waals surface area contributed by atoms with Crippen molar-refractivity contribution < 1.29 is 4.74 Å². The molecule has 100 valence electrons. The number of methoxy groups -OCH3 is 1. The largest absolute Gasteiger partial charge is 0.495 e. The van der Waals surface area contributed by atoms with Gasteiger partial charge >= 0.3 is 0 Å². The quantitative estimate of drug-likeness (QED) is 0.897. The summed E-state index contributed by atoms with van der Waals surface area (Å²) in [5, 5.41) is 6.69. The molecule has 19 heavy (non-hydrogen) atoms. The van der Waals surface area contributed by atoms with Gasteiger partial charge in [-0.1, -0.05) is 17.7 Å². The van der Waals surface area contributed by atoms with Crippen molar-refractivity contribution in [2.45, 2.75) is 13.0 Å². The fourth-order valence-corrected chi connectivity index (χ4v) is 2.08. The van der Waals surface area contributed by atoms with E-state index in [1.165, 1.54) is 7.11 Å². The number of hydrogen-bond donors (Lipinski definition) is 2. The van der Waals surface area contributed by atoms with Gasteiger partial charge in [0.05, 0.1) is 23.9 Å². The van der Waals surface area contributed by atoms with E-state index in [1.807, 2.05) is 0 Å². The second-order valence-electron chi connectivity index (χ2n) is 4.17. The van der Waals surface area contributed by atoms with Crippen LogP contribution in [-0.4, -0.2) is 17.3 Å². The first kappa shape index (κ1) is 13.6. The van der Waals surface area contributed by atoms with Crippen molar-refractivity contribution in [1.82, 2.24) is 10.2 Å². The van der Waals surface area contributed by atoms with E-state index in [1.54, 1.807) is 31.2 Å². The molecule has 1 unspecified atom stereocenters. The fourth-order valence-electron chi connectivity index (χ4n) is 1.81. The van der Waals surface area contributed by atoms with Gasteiger partial charge in [0.2, 0.25) is 0 Å². The van der Waals surface area contributed by atoms with Gasteiger partial charge in [-0.3, -0.25) is 4.79 Å². The van der Waals surface area contributed by atoms with Crippen molar-refractivity contribution in [3.63, 3.8) is 0 Å². The Morgan fingerprint density at radius 2 is 2.16 bits per heavy atom. The minimum absolute atomic E-state index is 0.301. The molecular weight excluding hydrogens is 266 g/mol. The smallest absolute Gasteiger partial charge is 0.269 e. The van der Waals surface area contributed by atoms with E-state index in [-0.39, 0.29) is 5.56 Å². The molecule has 2 rings (SSSR count). The third-order valence-electron chi connectivity index (χ3n) is 2.83. The molecule has 0 saturated heterocycles. The Kier molecular flexibility index (Phi) is 3.87. The van der Waals surface area contributed by atoms with Crippen LogP contribution in [0.15, 0.2) is 29.1 Å². The highest BCUT2D eigenvalue weighted by atomic mass is 35.5. The minimum atomic E-state index is -0.561. The van der Waals surface area contributed by atoms with E-state index in [2.05, 4.69) is 10.2 Å². The predicted molar refractivity (Wildman–Crippen MR) is 73.6 cm³/mol. The van der Waals surface area contributed by atoms with E-state index in [0.717, 1.165) is 5.56 Å². The Balaban J connectivity index is 2.44. The molecule has 1 aromatic heterocycles. The lowest BCUT2D eigenvalue weighted by Crippen LogP contribution is -2.23. The fraction of sp³-hybridized carbons (Fsp3) is 0.231. The summed E-state index contributed by atoms with van der Waals surface area (Å²) in [6.45, 7) is 1.78. The van der Waals surface area contributed by atoms with Crippen LogP contribution >= 0.6 is 11.6 Å². The Morgan fingerprint density at radius 3 is 2.79 bits per heavy atom. The standard InChI is InChI=1S/C13H14ClN3O2/c1-7-5-9(13(18)17-16-7)12(15)8-3-4-11(19-2)10(14)6-8/h3-6,12H,15H2,1-2H3,(H,17,18). The van der Waals surface area contributed by atoms with Crippen LogP contribution in [0.4, 0.5) is 0 Å². The third-order valence-corrected chi connectivity index (χ3v) is 3.13. The van der Waals surface area contributed by atoms with Crippen LogP contribution in [0.5, 0.6) is 5.75 Å². The van der Waals surface area contributed by atoms with Crippen LogP contribution in [0, 0.1) is 6.92 Å². The molecule has 6 heteroatoms. The number of ether oxygens (including phenoxy) is 1. The Bertz CT molecular complexity index is 655. The second kappa shape index (κ2) is 5.42. The lowest BCUT2D eigenvalue weighted by atomic mass is 10.0. The molecule has 0 fully saturated rings. The second-order valence-corrected chi connectivity index (χ2v) is 4.57. The first-order chi connectivity index (χ1) is 9.02. The number of aromatic nitrogens is 2. The molecule has 1 aromatic carbocycles. The Labute approximate surface area is 115 Å². The third kappa shape index (κ3) is 2.77. The molecule has 0 aliphatic rings. The number of aromatic amines is 1. The number of H-pyrrole nitrogens is 1. The van der Waals surface area contributed by atoms with Gasteiger partial charge in [-0.2, -0.15) is 5.10 Å². The summed E-state index contributed by atoms with van der Waals surface area (Å²) in [4.78, 5) is 11.7. The molecule has 0 aliphatic heterocycles. The van der Waals surface area contributed by atoms with Gasteiger partial charge in [-0.25, -0.2) is 5.10 Å². The van der Waals surface area contributed by atoms with E-state index in [0.29, 0.717) is 22.0 Å². The van der Waals surface area contributed by atoms with Crippen molar-refractivity contribution in [2.75, 3.05) is 7.11 Å². The van der Waals surface area contributed by atoms with Crippen molar-refractivity contribution in [1.29, 1.82) is 0 Å². The lowest BCUT2D eigenvalue weighted by Gasteiger charge is -2.13. The Hall–Kier alpha value is -1.85. The normalized spacial score (nSPS) is 12.2. The van der Waals surface area contributed by atoms with Gasteiger partial charge < -0.3 is 10.5 Å². The average molecular weight is 280 g/mol. The van der Waals surface area contributed by atoms with Crippen molar-refractivity contribution in [3.05, 3.63) is 56.5 Å². The summed E-state index contributed by atoms with van der Waals surface area (Å²) in [7, 11) is 1.54. The summed E-state index contributed by atoms with van der Waals surface area (Å²) in [6.07, 6.45) is 0. The topological polar surface area (TPSA) is 81.0 Å². The molecule has 0 radical (unpaired) electrons. The van der Waals surface area contributed by atoms with Crippen molar-refractivity contribution in [2.24, 2.45) is 5.73 Å². The highest BCUT2D eigenvalue weighted by Crippen LogP contribution is 2.28. The summed E-state index contributed by atoms with van der Waals surface area (Å²) in [6, 6.07) is 6.31. The van der Waals surface area contributed by atoms with Gasteiger partial charge in [0.25, 0.3) is 5.56 Å². The monoisotopic (exact) mass is 279 g/mol. The summed E-state index contributed by atoms with van der Waals surface area (Å²) in [5.74, 6) is 0.567. The maximum absolute atomic E-state index is 11.7. The van der Waals surface area contributed by atoms with E-state index in [4.69, 9.17) is 22.1 Å². The Morgan fingerprint density at radius 1 is 1.42 bits per heavy atom. The average Bonchev–Trinajstić information content (AvgIpc) is 2.40. The molecule has 0 amide bonds. The van der Waals surface area contributed by atoms with Crippen LogP contribution in [0.25, 0.3) is 0 Å². The number of nitrogens with two attached hydrogens (primary N) is 1. The zero-order valence-electron chi connectivity index (χ0n) is 10.6. The van der Waals surface area contributed by atoms with Gasteiger partial charge in [0, 0.05) is 5.56 Å². The number of benzene rings is 1. The minimum Gasteiger partial charge on any atom is -0.495 e. The van der Waals surface area contributed by atoms with E-state index < -0.39 is 6.04 Å². The highest BCUT2D eigenvalue weighted by molar-refractivity contribution is 6.32. The predicted octanol–water partition coefficient (Wildman–Crippen LogP) is 1.79. The SMILES string of the molecule is COc1ccc(C(N)c2cc(C)n[nH]c2=O)cc1Cl. The number of nitrogens with zero attached hydrogens (tertiary/aromatic N) is 1. The lowest BCUT2D eigenvalue weighted by molar-refractivity contribution is 0.415. The van der Waals surface area contributed by atoms with E-state index in [9.17, 15) is 4.79 Å². The first-order valence-corrected chi connectivity index (χ1v) is 6.06. The maximum Gasteiger partial charge on any atom is 0.269 e. The van der Waals surface area contributed by atoms with E-state index >= 15 is 0 Å². The zero-order valence-corrected chi connectivity index (χ0v) is 11.4. The molecular formula is C13H14ClN3O2. The van der Waals surface area contributed by atoms with Crippen LogP contribution in [0.2, 0.25) is 5.02 Å². The summed E-state index contributed by atoms with van der Waals surface area (Å²) < 4.78 is 5.08. The van der Waals surface area contributed by atoms with Gasteiger partial charge in [-0.15, -0.1) is 0 Å². The van der Waals surface area contributed by atoms with Crippen molar-refractivity contribution in [3.8, 4) is 5.75 Å². The number of rotatable bonds is 3. The van der Waals surface area contributed by atoms with Gasteiger partial charge in [0.1, 0.15) is 5.75 Å². The molecule has 1 atom stereocenters. The first-order valence-electron chi connectivity index (χ1n) is 5.68. The zero-order chi connectivity index (χ0) is 14.0. The van der Waals surface area contributed by atoms with Crippen LogP contribution < -0.4 is 16.0 Å². The summed E-state index contributed by atoms with van der Waals surface area (Å²) >= 11 is 6.05. The van der Waals surface area contributed by atoms with Crippen LogP contribution in [0.3, 0.4) is 0 Å². The number of nitrogens with one attached hydrogen (secondary N) is 1. The molecule has 0 spiro atoms. The molecule has 2 aromatic rings. The number of halogens is 1. The van der Waals surface area contributed by atoms with Crippen LogP contribution in [-0.2, 0) is 0 Å². The molecule has 0 bridgehead atoms. The van der Waals surface area contributed by atoms with Gasteiger partial charge in [-0.05, 0) is 30.7 Å². The maximum atomic E-state index is 11.7. The number of aryl methyl sites for hydroxylation is 1. The molecule has 0 saturated carbocycles. The molecule has 3 N–H and O–H groups in total. The highest BCUT2D eigenvalue weighted by Gasteiger charge is 2.15. The van der Waals surface area contributed by atoms with Gasteiger partial charge in [0.15, 0.2) is 0 Å². The molecule has 1 heterocycles.